The van der Waals surface area contributed by atoms with E-state index in [4.69, 9.17) is 11.6 Å². The molecule has 32 heavy (non-hydrogen) atoms. The number of benzene rings is 2. The number of likely N-dealkylation sites (N-methyl/N-ethyl adjacent to an activating group) is 1. The Hall–Kier alpha value is -2.37. The molecule has 2 N–H and O–H groups in total. The quantitative estimate of drug-likeness (QED) is 0.599. The lowest BCUT2D eigenvalue weighted by Crippen LogP contribution is -2.52. The molecule has 1 aliphatic carbocycles. The third-order valence-electron chi connectivity index (χ3n) is 6.47. The summed E-state index contributed by atoms with van der Waals surface area (Å²) in [5.41, 5.74) is 2.91. The van der Waals surface area contributed by atoms with Crippen molar-refractivity contribution in [1.82, 2.24) is 10.2 Å². The van der Waals surface area contributed by atoms with Crippen molar-refractivity contribution < 1.29 is 9.59 Å². The highest BCUT2D eigenvalue weighted by atomic mass is 35.5. The molecule has 3 rings (SSSR count). The number of nitrogens with one attached hydrogen (secondary N) is 2. The molecule has 0 saturated heterocycles. The number of nitrogens with zero attached hydrogens (tertiary/aromatic N) is 1. The molecule has 0 aromatic heterocycles. The molecule has 1 aliphatic rings. The highest BCUT2D eigenvalue weighted by Gasteiger charge is 2.37. The van der Waals surface area contributed by atoms with Crippen LogP contribution in [-0.4, -0.2) is 42.4 Å². The Kier molecular flexibility index (Phi) is 8.32. The van der Waals surface area contributed by atoms with Gasteiger partial charge in [0.05, 0.1) is 0 Å². The topological polar surface area (TPSA) is 61.4 Å². The van der Waals surface area contributed by atoms with Gasteiger partial charge in [0, 0.05) is 35.1 Å². The van der Waals surface area contributed by atoms with E-state index in [1.807, 2.05) is 42.5 Å². The first-order valence-corrected chi connectivity index (χ1v) is 11.6. The minimum atomic E-state index is -0.159. The Morgan fingerprint density at radius 2 is 1.72 bits per heavy atom. The maximum absolute atomic E-state index is 12.4. The Labute approximate surface area is 196 Å². The zero-order chi connectivity index (χ0) is 23.1. The highest BCUT2D eigenvalue weighted by Crippen LogP contribution is 2.36. The van der Waals surface area contributed by atoms with E-state index in [0.717, 1.165) is 48.4 Å². The molecule has 0 aliphatic heterocycles. The van der Waals surface area contributed by atoms with E-state index in [1.54, 1.807) is 0 Å². The summed E-state index contributed by atoms with van der Waals surface area (Å²) in [4.78, 5) is 26.9. The number of amides is 2. The van der Waals surface area contributed by atoms with Gasteiger partial charge in [-0.1, -0.05) is 35.9 Å². The van der Waals surface area contributed by atoms with Crippen LogP contribution in [0.4, 0.5) is 5.69 Å². The summed E-state index contributed by atoms with van der Waals surface area (Å²) in [6.07, 6.45) is 5.15. The molecule has 0 spiro atoms. The van der Waals surface area contributed by atoms with Crippen LogP contribution in [0.5, 0.6) is 0 Å². The number of carbonyl (C=O) groups excluding carboxylic acids is 2. The first-order valence-electron chi connectivity index (χ1n) is 11.2. The van der Waals surface area contributed by atoms with Gasteiger partial charge >= 0.3 is 0 Å². The van der Waals surface area contributed by atoms with E-state index in [9.17, 15) is 9.59 Å². The lowest BCUT2D eigenvalue weighted by Gasteiger charge is -2.45. The van der Waals surface area contributed by atoms with Crippen LogP contribution in [0, 0.1) is 6.92 Å². The fourth-order valence-electron chi connectivity index (χ4n) is 4.45. The minimum Gasteiger partial charge on any atom is -0.353 e. The third-order valence-corrected chi connectivity index (χ3v) is 6.70. The Balaban J connectivity index is 1.45. The third kappa shape index (κ3) is 6.81. The van der Waals surface area contributed by atoms with E-state index in [0.29, 0.717) is 0 Å². The zero-order valence-corrected chi connectivity index (χ0v) is 19.8. The van der Waals surface area contributed by atoms with Crippen molar-refractivity contribution in [3.63, 3.8) is 0 Å². The largest absolute Gasteiger partial charge is 0.353 e. The Bertz CT molecular complexity index is 919. The number of rotatable bonds is 8. The molecule has 6 heteroatoms. The molecular formula is C26H33ClN3O2. The van der Waals surface area contributed by atoms with E-state index in [2.05, 4.69) is 42.6 Å². The van der Waals surface area contributed by atoms with Gasteiger partial charge in [0.2, 0.25) is 11.8 Å². The van der Waals surface area contributed by atoms with Crippen LogP contribution >= 0.6 is 11.6 Å². The molecule has 2 aromatic carbocycles. The van der Waals surface area contributed by atoms with E-state index < -0.39 is 0 Å². The predicted octanol–water partition coefficient (Wildman–Crippen LogP) is 4.84. The van der Waals surface area contributed by atoms with Crippen molar-refractivity contribution in [1.29, 1.82) is 0 Å². The number of halogens is 1. The lowest BCUT2D eigenvalue weighted by molar-refractivity contribution is -0.125. The fourth-order valence-corrected chi connectivity index (χ4v) is 4.66. The molecule has 5 nitrogen and oxygen atoms in total. The monoisotopic (exact) mass is 454 g/mol. The van der Waals surface area contributed by atoms with Crippen molar-refractivity contribution in [2.45, 2.75) is 56.5 Å². The normalized spacial score (nSPS) is 20.7. The summed E-state index contributed by atoms with van der Waals surface area (Å²) in [6.45, 7) is 3.82. The number of carbonyl (C=O) groups is 2. The maximum Gasteiger partial charge on any atom is 0.224 e. The van der Waals surface area contributed by atoms with Crippen molar-refractivity contribution >= 4 is 29.1 Å². The molecule has 1 radical (unpaired) electrons. The number of hydrogen-bond acceptors (Lipinski definition) is 3. The zero-order valence-electron chi connectivity index (χ0n) is 19.0. The van der Waals surface area contributed by atoms with Gasteiger partial charge in [0.15, 0.2) is 0 Å². The SMILES string of the molecule is [CH2]c1ccc(NC(=O)CCC(=O)NC2CCC(Cc3cccc(Cl)c3)(N(C)C)CC2)cc1. The molecule has 2 aromatic rings. The van der Waals surface area contributed by atoms with E-state index in [1.165, 1.54) is 5.56 Å². The van der Waals surface area contributed by atoms with Crippen LogP contribution in [-0.2, 0) is 16.0 Å². The minimum absolute atomic E-state index is 0.0644. The molecule has 2 amide bonds. The maximum atomic E-state index is 12.4. The smallest absolute Gasteiger partial charge is 0.224 e. The van der Waals surface area contributed by atoms with Gasteiger partial charge < -0.3 is 15.5 Å². The molecule has 0 heterocycles. The van der Waals surface area contributed by atoms with Gasteiger partial charge in [-0.05, 0) is 88.5 Å². The molecule has 0 bridgehead atoms. The molecule has 171 valence electrons. The van der Waals surface area contributed by atoms with Gasteiger partial charge in [-0.3, -0.25) is 9.59 Å². The summed E-state index contributed by atoms with van der Waals surface area (Å²) in [5.74, 6) is -0.223. The molecular weight excluding hydrogens is 422 g/mol. The second-order valence-electron chi connectivity index (χ2n) is 9.01. The van der Waals surface area contributed by atoms with E-state index in [-0.39, 0.29) is 36.2 Å². The van der Waals surface area contributed by atoms with Gasteiger partial charge in [-0.25, -0.2) is 0 Å². The van der Waals surface area contributed by atoms with Crippen molar-refractivity contribution in [2.75, 3.05) is 19.4 Å². The first kappa shape index (κ1) is 24.3. The Morgan fingerprint density at radius 1 is 1.06 bits per heavy atom. The first-order chi connectivity index (χ1) is 15.3. The Morgan fingerprint density at radius 3 is 2.34 bits per heavy atom. The van der Waals surface area contributed by atoms with Crippen molar-refractivity contribution in [3.05, 3.63) is 71.6 Å². The van der Waals surface area contributed by atoms with Crippen LogP contribution in [0.15, 0.2) is 48.5 Å². The van der Waals surface area contributed by atoms with E-state index >= 15 is 0 Å². The van der Waals surface area contributed by atoms with Crippen molar-refractivity contribution in [2.24, 2.45) is 0 Å². The summed E-state index contributed by atoms with van der Waals surface area (Å²) < 4.78 is 0. The summed E-state index contributed by atoms with van der Waals surface area (Å²) in [7, 11) is 4.26. The van der Waals surface area contributed by atoms with Crippen molar-refractivity contribution in [3.8, 4) is 0 Å². The molecule has 1 saturated carbocycles. The summed E-state index contributed by atoms with van der Waals surface area (Å²) >= 11 is 6.18. The van der Waals surface area contributed by atoms with Gasteiger partial charge in [-0.2, -0.15) is 0 Å². The number of hydrogen-bond donors (Lipinski definition) is 2. The molecule has 1 fully saturated rings. The predicted molar refractivity (Wildman–Crippen MR) is 131 cm³/mol. The lowest BCUT2D eigenvalue weighted by atomic mass is 9.75. The number of anilines is 1. The standard InChI is InChI=1S/C26H33ClN3O2/c1-19-7-9-22(10-8-19)28-24(31)11-12-25(32)29-23-13-15-26(16-14-23,30(2)3)18-20-5-4-6-21(27)17-20/h4-10,17,23H,1,11-16,18H2,2-3H3,(H,28,31)(H,29,32). The second kappa shape index (κ2) is 11.0. The van der Waals surface area contributed by atoms with Gasteiger partial charge in [0.1, 0.15) is 0 Å². The fraction of sp³-hybridized carbons (Fsp3) is 0.423. The highest BCUT2D eigenvalue weighted by molar-refractivity contribution is 6.30. The van der Waals surface area contributed by atoms with Gasteiger partial charge in [-0.15, -0.1) is 0 Å². The van der Waals surface area contributed by atoms with Crippen LogP contribution in [0.1, 0.15) is 49.7 Å². The average Bonchev–Trinajstić information content (AvgIpc) is 2.75. The summed E-state index contributed by atoms with van der Waals surface area (Å²) in [5, 5.41) is 6.71. The summed E-state index contributed by atoms with van der Waals surface area (Å²) in [6, 6.07) is 15.5. The molecule has 0 atom stereocenters. The van der Waals surface area contributed by atoms with Crippen LogP contribution in [0.3, 0.4) is 0 Å². The van der Waals surface area contributed by atoms with Crippen LogP contribution in [0.2, 0.25) is 5.02 Å². The molecule has 0 unspecified atom stereocenters. The average molecular weight is 455 g/mol. The van der Waals surface area contributed by atoms with Crippen LogP contribution in [0.25, 0.3) is 0 Å². The second-order valence-corrected chi connectivity index (χ2v) is 9.45. The van der Waals surface area contributed by atoms with Gasteiger partial charge in [0.25, 0.3) is 0 Å². The van der Waals surface area contributed by atoms with Crippen LogP contribution < -0.4 is 10.6 Å².